The van der Waals surface area contributed by atoms with Crippen molar-refractivity contribution < 1.29 is 13.2 Å². The highest BCUT2D eigenvalue weighted by Crippen LogP contribution is 2.36. The van der Waals surface area contributed by atoms with Gasteiger partial charge >= 0.3 is 0 Å². The van der Waals surface area contributed by atoms with Gasteiger partial charge in [0.1, 0.15) is 4.90 Å². The molecule has 1 aliphatic carbocycles. The predicted octanol–water partition coefficient (Wildman–Crippen LogP) is 1.68. The number of amides is 1. The van der Waals surface area contributed by atoms with Crippen molar-refractivity contribution in [1.29, 1.82) is 0 Å². The van der Waals surface area contributed by atoms with Crippen molar-refractivity contribution in [2.24, 2.45) is 11.8 Å². The molecule has 2 unspecified atom stereocenters. The van der Waals surface area contributed by atoms with E-state index in [1.807, 2.05) is 6.92 Å². The van der Waals surface area contributed by atoms with Crippen molar-refractivity contribution in [1.82, 2.24) is 15.5 Å². The maximum atomic E-state index is 12.1. The number of hydrogen-bond acceptors (Lipinski definition) is 4. The summed E-state index contributed by atoms with van der Waals surface area (Å²) in [5.41, 5.74) is 0.240. The van der Waals surface area contributed by atoms with E-state index in [1.165, 1.54) is 0 Å². The Hall–Kier alpha value is -1.08. The van der Waals surface area contributed by atoms with E-state index in [4.69, 9.17) is 10.7 Å². The van der Waals surface area contributed by atoms with Crippen LogP contribution >= 0.6 is 10.7 Å². The molecule has 20 heavy (non-hydrogen) atoms. The summed E-state index contributed by atoms with van der Waals surface area (Å²) in [5, 5.41) is 9.13. The van der Waals surface area contributed by atoms with Gasteiger partial charge in [0.2, 0.25) is 0 Å². The molecule has 6 nitrogen and oxygen atoms in total. The Morgan fingerprint density at radius 2 is 2.20 bits per heavy atom. The SMILES string of the molecule is CCCc1[nH]nc(C(=O)NCC2CC2C)c1S(=O)(=O)Cl. The van der Waals surface area contributed by atoms with Crippen LogP contribution in [0.2, 0.25) is 0 Å². The monoisotopic (exact) mass is 319 g/mol. The number of aromatic nitrogens is 2. The van der Waals surface area contributed by atoms with E-state index in [1.54, 1.807) is 0 Å². The standard InChI is InChI=1S/C12H18ClN3O3S/c1-3-4-9-11(20(13,18)19)10(16-15-9)12(17)14-6-8-5-7(8)2/h7-8H,3-6H2,1-2H3,(H,14,17)(H,15,16). The molecule has 2 rings (SSSR count). The van der Waals surface area contributed by atoms with Crippen LogP contribution < -0.4 is 5.32 Å². The summed E-state index contributed by atoms with van der Waals surface area (Å²) in [7, 11) is 1.42. The number of aryl methyl sites for hydroxylation is 1. The second-order valence-electron chi connectivity index (χ2n) is 5.25. The minimum atomic E-state index is -4.00. The van der Waals surface area contributed by atoms with Crippen LogP contribution in [0.25, 0.3) is 0 Å². The molecule has 2 N–H and O–H groups in total. The molecule has 1 aromatic heterocycles. The lowest BCUT2D eigenvalue weighted by Crippen LogP contribution is -2.27. The van der Waals surface area contributed by atoms with E-state index in [9.17, 15) is 13.2 Å². The summed E-state index contributed by atoms with van der Waals surface area (Å²) >= 11 is 0. The molecular formula is C12H18ClN3O3S. The first-order valence-electron chi connectivity index (χ1n) is 6.64. The third-order valence-corrected chi connectivity index (χ3v) is 4.94. The Labute approximate surface area is 122 Å². The number of nitrogens with zero attached hydrogens (tertiary/aromatic N) is 1. The van der Waals surface area contributed by atoms with Gasteiger partial charge in [0, 0.05) is 17.2 Å². The third kappa shape index (κ3) is 3.32. The molecule has 1 saturated carbocycles. The minimum Gasteiger partial charge on any atom is -0.350 e. The van der Waals surface area contributed by atoms with Crippen molar-refractivity contribution in [3.05, 3.63) is 11.4 Å². The van der Waals surface area contributed by atoms with Crippen molar-refractivity contribution in [2.45, 2.75) is 38.0 Å². The second kappa shape index (κ2) is 5.73. The Morgan fingerprint density at radius 1 is 1.55 bits per heavy atom. The van der Waals surface area contributed by atoms with Gasteiger partial charge in [0.25, 0.3) is 15.0 Å². The molecule has 8 heteroatoms. The number of aromatic amines is 1. The molecule has 0 aromatic carbocycles. The fraction of sp³-hybridized carbons (Fsp3) is 0.667. The van der Waals surface area contributed by atoms with Crippen LogP contribution in [-0.2, 0) is 15.5 Å². The Morgan fingerprint density at radius 3 is 2.70 bits per heavy atom. The van der Waals surface area contributed by atoms with Gasteiger partial charge in [-0.1, -0.05) is 20.3 Å². The van der Waals surface area contributed by atoms with E-state index in [-0.39, 0.29) is 10.6 Å². The highest BCUT2D eigenvalue weighted by Gasteiger charge is 2.34. The van der Waals surface area contributed by atoms with E-state index in [2.05, 4.69) is 22.4 Å². The van der Waals surface area contributed by atoms with Gasteiger partial charge in [-0.05, 0) is 24.7 Å². The molecule has 1 heterocycles. The summed E-state index contributed by atoms with van der Waals surface area (Å²) in [4.78, 5) is 11.9. The van der Waals surface area contributed by atoms with Crippen molar-refractivity contribution in [3.8, 4) is 0 Å². The number of carbonyl (C=O) groups excluding carboxylic acids is 1. The number of nitrogens with one attached hydrogen (secondary N) is 2. The molecule has 0 bridgehead atoms. The van der Waals surface area contributed by atoms with Gasteiger partial charge < -0.3 is 5.32 Å². The first-order chi connectivity index (χ1) is 9.34. The number of carbonyl (C=O) groups is 1. The maximum absolute atomic E-state index is 12.1. The second-order valence-corrected chi connectivity index (χ2v) is 7.75. The smallest absolute Gasteiger partial charge is 0.273 e. The fourth-order valence-electron chi connectivity index (χ4n) is 2.19. The molecule has 0 radical (unpaired) electrons. The van der Waals surface area contributed by atoms with Gasteiger partial charge in [-0.3, -0.25) is 9.89 Å². The first kappa shape index (κ1) is 15.3. The van der Waals surface area contributed by atoms with Crippen LogP contribution in [-0.4, -0.2) is 31.1 Å². The van der Waals surface area contributed by atoms with Gasteiger partial charge in [0.15, 0.2) is 5.69 Å². The largest absolute Gasteiger partial charge is 0.350 e. The highest BCUT2D eigenvalue weighted by atomic mass is 35.7. The zero-order chi connectivity index (χ0) is 14.9. The van der Waals surface area contributed by atoms with Crippen molar-refractivity contribution in [2.75, 3.05) is 6.54 Å². The molecule has 2 atom stereocenters. The molecule has 0 saturated heterocycles. The van der Waals surface area contributed by atoms with E-state index < -0.39 is 15.0 Å². The van der Waals surface area contributed by atoms with Gasteiger partial charge in [-0.15, -0.1) is 0 Å². The van der Waals surface area contributed by atoms with E-state index >= 15 is 0 Å². The molecule has 1 amide bonds. The third-order valence-electron chi connectivity index (χ3n) is 3.55. The average molecular weight is 320 g/mol. The van der Waals surface area contributed by atoms with Crippen LogP contribution in [0.4, 0.5) is 0 Å². The van der Waals surface area contributed by atoms with Crippen molar-refractivity contribution >= 4 is 25.6 Å². The fourth-order valence-corrected chi connectivity index (χ4v) is 3.50. The zero-order valence-electron chi connectivity index (χ0n) is 11.4. The molecule has 0 aliphatic heterocycles. The number of hydrogen-bond donors (Lipinski definition) is 2. The lowest BCUT2D eigenvalue weighted by molar-refractivity contribution is 0.0943. The summed E-state index contributed by atoms with van der Waals surface area (Å²) in [5.74, 6) is 0.590. The summed E-state index contributed by atoms with van der Waals surface area (Å²) in [6.07, 6.45) is 2.28. The number of H-pyrrole nitrogens is 1. The molecule has 1 fully saturated rings. The van der Waals surface area contributed by atoms with Crippen LogP contribution in [0.5, 0.6) is 0 Å². The molecule has 1 aliphatic rings. The molecule has 112 valence electrons. The zero-order valence-corrected chi connectivity index (χ0v) is 13.0. The molecular weight excluding hydrogens is 302 g/mol. The van der Waals surface area contributed by atoms with E-state index in [0.717, 1.165) is 12.8 Å². The highest BCUT2D eigenvalue weighted by molar-refractivity contribution is 8.13. The molecule has 0 spiro atoms. The molecule has 1 aromatic rings. The van der Waals surface area contributed by atoms with Crippen LogP contribution in [0.1, 0.15) is 42.9 Å². The van der Waals surface area contributed by atoms with Crippen molar-refractivity contribution in [3.63, 3.8) is 0 Å². The Balaban J connectivity index is 2.19. The first-order valence-corrected chi connectivity index (χ1v) is 8.95. The van der Waals surface area contributed by atoms with Crippen LogP contribution in [0.15, 0.2) is 4.90 Å². The van der Waals surface area contributed by atoms with Gasteiger partial charge in [-0.2, -0.15) is 5.10 Å². The minimum absolute atomic E-state index is 0.142. The lowest BCUT2D eigenvalue weighted by Gasteiger charge is -2.04. The van der Waals surface area contributed by atoms with Crippen LogP contribution in [0, 0.1) is 11.8 Å². The normalized spacial score (nSPS) is 21.8. The summed E-state index contributed by atoms with van der Waals surface area (Å²) < 4.78 is 23.3. The quantitative estimate of drug-likeness (QED) is 0.780. The van der Waals surface area contributed by atoms with Crippen LogP contribution in [0.3, 0.4) is 0 Å². The number of rotatable bonds is 6. The van der Waals surface area contributed by atoms with Gasteiger partial charge in [0.05, 0.1) is 5.69 Å². The van der Waals surface area contributed by atoms with Gasteiger partial charge in [-0.25, -0.2) is 8.42 Å². The summed E-state index contributed by atoms with van der Waals surface area (Å²) in [6, 6.07) is 0. The average Bonchev–Trinajstić information content (AvgIpc) is 2.87. The summed E-state index contributed by atoms with van der Waals surface area (Å²) in [6.45, 7) is 4.55. The topological polar surface area (TPSA) is 91.9 Å². The predicted molar refractivity (Wildman–Crippen MR) is 75.2 cm³/mol. The lowest BCUT2D eigenvalue weighted by atomic mass is 10.2. The number of halogens is 1. The Bertz CT molecular complexity index is 611. The van der Waals surface area contributed by atoms with E-state index in [0.29, 0.717) is 30.5 Å². The Kier molecular flexibility index (Phi) is 4.39. The maximum Gasteiger partial charge on any atom is 0.273 e.